The van der Waals surface area contributed by atoms with E-state index in [4.69, 9.17) is 16.3 Å². The van der Waals surface area contributed by atoms with Gasteiger partial charge in [0.25, 0.3) is 5.91 Å². The number of nitrogens with two attached hydrogens (primary N) is 1. The third-order valence-corrected chi connectivity index (χ3v) is 8.78. The Morgan fingerprint density at radius 2 is 1.72 bits per heavy atom. The number of aromatic nitrogens is 1. The summed E-state index contributed by atoms with van der Waals surface area (Å²) in [6.07, 6.45) is 5.54. The first-order chi connectivity index (χ1) is 18.9. The maximum atomic E-state index is 14.2. The van der Waals surface area contributed by atoms with Crippen molar-refractivity contribution in [3.8, 4) is 16.9 Å². The van der Waals surface area contributed by atoms with Crippen molar-refractivity contribution in [2.45, 2.75) is 65.5 Å². The van der Waals surface area contributed by atoms with Crippen molar-refractivity contribution in [3.63, 3.8) is 0 Å². The number of thiophene rings is 1. The van der Waals surface area contributed by atoms with Crippen molar-refractivity contribution in [2.24, 2.45) is 5.73 Å². The molecule has 2 aromatic carbocycles. The highest BCUT2D eigenvalue weighted by Crippen LogP contribution is 2.38. The number of fused-ring (bicyclic) bond motifs is 1. The molecule has 0 unspecified atom stereocenters. The van der Waals surface area contributed by atoms with Gasteiger partial charge in [0.1, 0.15) is 10.6 Å². The van der Waals surface area contributed by atoms with Crippen LogP contribution < -0.4 is 10.5 Å². The van der Waals surface area contributed by atoms with Crippen LogP contribution in [0.2, 0.25) is 5.02 Å². The van der Waals surface area contributed by atoms with Gasteiger partial charge in [-0.25, -0.2) is 0 Å². The van der Waals surface area contributed by atoms with E-state index in [1.54, 1.807) is 0 Å². The second-order valence-electron chi connectivity index (χ2n) is 9.86. The van der Waals surface area contributed by atoms with Crippen molar-refractivity contribution in [1.82, 2.24) is 9.88 Å². The van der Waals surface area contributed by atoms with Gasteiger partial charge in [-0.15, -0.1) is 11.3 Å². The van der Waals surface area contributed by atoms with Crippen LogP contribution in [-0.2, 0) is 6.54 Å². The van der Waals surface area contributed by atoms with E-state index in [0.717, 1.165) is 69.6 Å². The first-order valence-corrected chi connectivity index (χ1v) is 14.9. The summed E-state index contributed by atoms with van der Waals surface area (Å²) in [6, 6.07) is 18.7. The number of nitrogens with zero attached hydrogens (tertiary/aromatic N) is 2. The minimum atomic E-state index is 0.0153. The molecule has 1 aliphatic carbocycles. The molecule has 0 spiro atoms. The molecule has 0 aliphatic heterocycles. The molecule has 2 N–H and O–H groups in total. The highest BCUT2D eigenvalue weighted by Gasteiger charge is 2.30. The quantitative estimate of drug-likeness (QED) is 0.246. The standard InChI is InChI=1S/C31H33ClN2O2S.CH5N/c1-4-36-27-15-14-22(23-16-20(2)33-21(3)17-23)18-24(27)19-34(25-10-6-5-7-11-25)31(35)30-29(32)26-12-8-9-13-28(26)37-30;1-2/h8-9,12-18,25H,4-7,10-11,19H2,1-3H3;2H2,1H3. The summed E-state index contributed by atoms with van der Waals surface area (Å²) in [7, 11) is 1.50. The number of carbonyl (C=O) groups excluding carboxylic acids is 1. The Kier molecular flexibility index (Phi) is 10.0. The molecule has 4 aromatic rings. The van der Waals surface area contributed by atoms with E-state index in [0.29, 0.717) is 23.1 Å². The fourth-order valence-corrected chi connectivity index (χ4v) is 6.87. The van der Waals surface area contributed by atoms with Gasteiger partial charge in [-0.1, -0.05) is 55.1 Å². The van der Waals surface area contributed by atoms with Crippen LogP contribution in [0, 0.1) is 13.8 Å². The first-order valence-electron chi connectivity index (χ1n) is 13.7. The summed E-state index contributed by atoms with van der Waals surface area (Å²) >= 11 is 8.28. The van der Waals surface area contributed by atoms with Crippen LogP contribution in [0.3, 0.4) is 0 Å². The Hall–Kier alpha value is -2.93. The molecule has 0 saturated heterocycles. The molecule has 0 atom stereocenters. The molecule has 5 nitrogen and oxygen atoms in total. The molecule has 39 heavy (non-hydrogen) atoms. The van der Waals surface area contributed by atoms with Crippen molar-refractivity contribution in [2.75, 3.05) is 13.7 Å². The molecule has 7 heteroatoms. The number of pyridine rings is 1. The van der Waals surface area contributed by atoms with Gasteiger partial charge in [0.2, 0.25) is 0 Å². The summed E-state index contributed by atoms with van der Waals surface area (Å²) in [4.78, 5) is 21.4. The second kappa shape index (κ2) is 13.4. The average molecular weight is 564 g/mol. The topological polar surface area (TPSA) is 68.5 Å². The number of hydrogen-bond acceptors (Lipinski definition) is 5. The highest BCUT2D eigenvalue weighted by atomic mass is 35.5. The van der Waals surface area contributed by atoms with E-state index in [1.165, 1.54) is 24.8 Å². The zero-order chi connectivity index (χ0) is 27.9. The van der Waals surface area contributed by atoms with Crippen LogP contribution in [0.25, 0.3) is 21.2 Å². The lowest BCUT2D eigenvalue weighted by Crippen LogP contribution is -2.40. The number of amides is 1. The molecular formula is C32H38ClN3O2S. The van der Waals surface area contributed by atoms with E-state index in [9.17, 15) is 4.79 Å². The number of halogens is 1. The van der Waals surface area contributed by atoms with E-state index in [2.05, 4.69) is 39.9 Å². The normalized spacial score (nSPS) is 13.6. The largest absolute Gasteiger partial charge is 0.494 e. The number of hydrogen-bond donors (Lipinski definition) is 1. The monoisotopic (exact) mass is 563 g/mol. The van der Waals surface area contributed by atoms with E-state index in [1.807, 2.05) is 51.1 Å². The summed E-state index contributed by atoms with van der Waals surface area (Å²) in [6.45, 7) is 7.09. The first kappa shape index (κ1) is 29.1. The van der Waals surface area contributed by atoms with Crippen LogP contribution in [0.4, 0.5) is 0 Å². The molecule has 2 aromatic heterocycles. The fourth-order valence-electron chi connectivity index (χ4n) is 5.41. The highest BCUT2D eigenvalue weighted by molar-refractivity contribution is 7.21. The van der Waals surface area contributed by atoms with Crippen molar-refractivity contribution < 1.29 is 9.53 Å². The van der Waals surface area contributed by atoms with Gasteiger partial charge in [0.15, 0.2) is 0 Å². The Morgan fingerprint density at radius 3 is 2.38 bits per heavy atom. The van der Waals surface area contributed by atoms with Crippen LogP contribution >= 0.6 is 22.9 Å². The third-order valence-electron chi connectivity index (χ3n) is 7.12. The third kappa shape index (κ3) is 6.63. The lowest BCUT2D eigenvalue weighted by atomic mass is 9.93. The van der Waals surface area contributed by atoms with E-state index in [-0.39, 0.29) is 11.9 Å². The number of aryl methyl sites for hydroxylation is 2. The van der Waals surface area contributed by atoms with Gasteiger partial charge in [-0.05, 0) is 82.1 Å². The van der Waals surface area contributed by atoms with Gasteiger partial charge < -0.3 is 15.4 Å². The van der Waals surface area contributed by atoms with Gasteiger partial charge >= 0.3 is 0 Å². The van der Waals surface area contributed by atoms with Gasteiger partial charge in [-0.2, -0.15) is 0 Å². The molecule has 5 rings (SSSR count). The molecule has 0 bridgehead atoms. The maximum absolute atomic E-state index is 14.2. The molecule has 1 saturated carbocycles. The lowest BCUT2D eigenvalue weighted by Gasteiger charge is -2.35. The zero-order valence-electron chi connectivity index (χ0n) is 23.3. The van der Waals surface area contributed by atoms with Crippen molar-refractivity contribution >= 4 is 38.9 Å². The molecule has 2 heterocycles. The van der Waals surface area contributed by atoms with Crippen LogP contribution in [0.5, 0.6) is 5.75 Å². The maximum Gasteiger partial charge on any atom is 0.266 e. The Bertz CT molecular complexity index is 1410. The Balaban J connectivity index is 0.00000172. The van der Waals surface area contributed by atoms with Crippen molar-refractivity contribution in [1.29, 1.82) is 0 Å². The van der Waals surface area contributed by atoms with Gasteiger partial charge in [0.05, 0.1) is 11.6 Å². The summed E-state index contributed by atoms with van der Waals surface area (Å²) < 4.78 is 7.09. The summed E-state index contributed by atoms with van der Waals surface area (Å²) in [5, 5.41) is 1.51. The molecule has 206 valence electrons. The van der Waals surface area contributed by atoms with Crippen LogP contribution in [0.1, 0.15) is 65.7 Å². The summed E-state index contributed by atoms with van der Waals surface area (Å²) in [5.74, 6) is 0.839. The predicted octanol–water partition coefficient (Wildman–Crippen LogP) is 8.18. The van der Waals surface area contributed by atoms with Gasteiger partial charge in [-0.3, -0.25) is 9.78 Å². The van der Waals surface area contributed by atoms with Crippen LogP contribution in [-0.4, -0.2) is 35.5 Å². The molecular weight excluding hydrogens is 526 g/mol. The molecule has 1 aliphatic rings. The molecule has 1 amide bonds. The number of carbonyl (C=O) groups is 1. The van der Waals surface area contributed by atoms with Gasteiger partial charge in [0, 0.05) is 39.6 Å². The predicted molar refractivity (Wildman–Crippen MR) is 164 cm³/mol. The minimum Gasteiger partial charge on any atom is -0.494 e. The van der Waals surface area contributed by atoms with Crippen molar-refractivity contribution in [3.05, 3.63) is 81.4 Å². The van der Waals surface area contributed by atoms with E-state index >= 15 is 0 Å². The van der Waals surface area contributed by atoms with Crippen LogP contribution in [0.15, 0.2) is 54.6 Å². The molecule has 0 radical (unpaired) electrons. The molecule has 1 fully saturated rings. The zero-order valence-corrected chi connectivity index (χ0v) is 24.9. The Labute approximate surface area is 241 Å². The smallest absolute Gasteiger partial charge is 0.266 e. The van der Waals surface area contributed by atoms with E-state index < -0.39 is 0 Å². The average Bonchev–Trinajstić information content (AvgIpc) is 3.29. The number of benzene rings is 2. The number of ether oxygens (including phenoxy) is 1. The minimum absolute atomic E-state index is 0.0153. The SMILES string of the molecule is CCOc1ccc(-c2cc(C)nc(C)c2)cc1CN(C(=O)c1sc2ccccc2c1Cl)C1CCCCC1.CN. The summed E-state index contributed by atoms with van der Waals surface area (Å²) in [5.41, 5.74) is 9.72. The Morgan fingerprint density at radius 1 is 1.03 bits per heavy atom. The lowest BCUT2D eigenvalue weighted by molar-refractivity contribution is 0.0617. The second-order valence-corrected chi connectivity index (χ2v) is 11.3. The number of rotatable bonds is 7. The fraction of sp³-hybridized carbons (Fsp3) is 0.375.